The summed E-state index contributed by atoms with van der Waals surface area (Å²) in [6, 6.07) is 9.61. The average Bonchev–Trinajstić information content (AvgIpc) is 2.43. The van der Waals surface area contributed by atoms with Gasteiger partial charge in [0.1, 0.15) is 0 Å². The Kier molecular flexibility index (Phi) is 6.78. The van der Waals surface area contributed by atoms with Gasteiger partial charge in [-0.1, -0.05) is 51.1 Å². The van der Waals surface area contributed by atoms with Gasteiger partial charge in [-0.05, 0) is 18.1 Å². The first kappa shape index (κ1) is 18.9. The van der Waals surface area contributed by atoms with Crippen LogP contribution in [0, 0.1) is 5.21 Å². The number of aliphatic hydroxyl groups excluding tert-OH is 1. The largest absolute Gasteiger partial charge is 0.624 e. The van der Waals surface area contributed by atoms with Gasteiger partial charge >= 0.3 is 0 Å². The molecule has 1 rings (SSSR count). The van der Waals surface area contributed by atoms with Crippen LogP contribution in [0.3, 0.4) is 0 Å². The number of nitrogens with zero attached hydrogens (tertiary/aromatic N) is 1. The summed E-state index contributed by atoms with van der Waals surface area (Å²) in [5.41, 5.74) is 0.972. The molecule has 1 N–H and O–H groups in total. The van der Waals surface area contributed by atoms with Crippen molar-refractivity contribution in [3.05, 3.63) is 41.1 Å². The van der Waals surface area contributed by atoms with Crippen LogP contribution in [0.15, 0.2) is 30.3 Å². The number of hydroxylamine groups is 1. The molecule has 5 heteroatoms. The van der Waals surface area contributed by atoms with Gasteiger partial charge in [-0.25, -0.2) is 4.74 Å². The zero-order valence-electron chi connectivity index (χ0n) is 14.4. The molecule has 4 nitrogen and oxygen atoms in total. The summed E-state index contributed by atoms with van der Waals surface area (Å²) in [6.07, 6.45) is 1.69. The Hall–Kier alpha value is -1.17. The van der Waals surface area contributed by atoms with Crippen LogP contribution < -0.4 is 0 Å². The number of hydrogen-bond donors (Lipinski definition) is 1. The standard InChI is InChI=1S/C17H29NO3Si/c1-17(2,3)22(4,5)21-16(14-19)11-12-18(20)13-15-9-7-6-8-10-15/h6-10,12,16,19H,11,13-14H2,1-5H3/b18-12-/t16-/m0/s1. The Morgan fingerprint density at radius 2 is 1.86 bits per heavy atom. The molecule has 0 spiro atoms. The molecule has 0 unspecified atom stereocenters. The van der Waals surface area contributed by atoms with Crippen LogP contribution in [0.25, 0.3) is 0 Å². The predicted molar refractivity (Wildman–Crippen MR) is 93.6 cm³/mol. The fraction of sp³-hybridized carbons (Fsp3) is 0.588. The first-order valence-corrected chi connectivity index (χ1v) is 10.7. The lowest BCUT2D eigenvalue weighted by Crippen LogP contribution is -2.45. The lowest BCUT2D eigenvalue weighted by molar-refractivity contribution is -0.471. The molecule has 0 heterocycles. The minimum absolute atomic E-state index is 0.0673. The molecule has 0 aliphatic heterocycles. The van der Waals surface area contributed by atoms with Crippen LogP contribution in [0.5, 0.6) is 0 Å². The lowest BCUT2D eigenvalue weighted by Gasteiger charge is -2.38. The number of benzene rings is 1. The van der Waals surface area contributed by atoms with E-state index in [4.69, 9.17) is 4.43 Å². The fourth-order valence-corrected chi connectivity index (χ4v) is 3.17. The Bertz CT molecular complexity index is 480. The van der Waals surface area contributed by atoms with E-state index in [1.807, 2.05) is 30.3 Å². The minimum Gasteiger partial charge on any atom is -0.624 e. The van der Waals surface area contributed by atoms with Crippen molar-refractivity contribution in [3.63, 3.8) is 0 Å². The first-order valence-electron chi connectivity index (χ1n) is 7.75. The van der Waals surface area contributed by atoms with Crippen molar-refractivity contribution in [1.82, 2.24) is 0 Å². The molecule has 124 valence electrons. The smallest absolute Gasteiger partial charge is 0.192 e. The van der Waals surface area contributed by atoms with E-state index in [1.54, 1.807) is 6.21 Å². The van der Waals surface area contributed by atoms with Crippen molar-refractivity contribution in [1.29, 1.82) is 0 Å². The van der Waals surface area contributed by atoms with E-state index in [-0.39, 0.29) is 17.7 Å². The van der Waals surface area contributed by atoms with Crippen molar-refractivity contribution in [3.8, 4) is 0 Å². The molecule has 0 aliphatic rings. The highest BCUT2D eigenvalue weighted by molar-refractivity contribution is 6.74. The number of rotatable bonds is 7. The summed E-state index contributed by atoms with van der Waals surface area (Å²) >= 11 is 0. The second-order valence-corrected chi connectivity index (χ2v) is 11.9. The predicted octanol–water partition coefficient (Wildman–Crippen LogP) is 3.54. The number of aliphatic hydroxyl groups is 1. The van der Waals surface area contributed by atoms with E-state index in [0.717, 1.165) is 10.3 Å². The Morgan fingerprint density at radius 1 is 1.27 bits per heavy atom. The van der Waals surface area contributed by atoms with Crippen molar-refractivity contribution in [2.75, 3.05) is 6.61 Å². The molecule has 0 aromatic heterocycles. The first-order chi connectivity index (χ1) is 10.2. The summed E-state index contributed by atoms with van der Waals surface area (Å²) in [4.78, 5) is 0. The van der Waals surface area contributed by atoms with Gasteiger partial charge in [-0.15, -0.1) is 0 Å². The van der Waals surface area contributed by atoms with Crippen LogP contribution in [0.4, 0.5) is 0 Å². The quantitative estimate of drug-likeness (QED) is 0.274. The molecular formula is C17H29NO3Si. The summed E-state index contributed by atoms with van der Waals surface area (Å²) in [6.45, 7) is 11.0. The van der Waals surface area contributed by atoms with Gasteiger partial charge in [0.25, 0.3) is 0 Å². The zero-order chi connectivity index (χ0) is 16.8. The fourth-order valence-electron chi connectivity index (χ4n) is 1.82. The molecule has 0 bridgehead atoms. The molecule has 1 aromatic rings. The van der Waals surface area contributed by atoms with Crippen molar-refractivity contribution >= 4 is 14.5 Å². The lowest BCUT2D eigenvalue weighted by atomic mass is 10.2. The summed E-state index contributed by atoms with van der Waals surface area (Å²) in [7, 11) is -1.94. The van der Waals surface area contributed by atoms with E-state index in [1.165, 1.54) is 0 Å². The Balaban J connectivity index is 2.61. The number of hydrogen-bond acceptors (Lipinski definition) is 3. The topological polar surface area (TPSA) is 55.5 Å². The summed E-state index contributed by atoms with van der Waals surface area (Å²) in [5, 5.41) is 21.5. The molecule has 22 heavy (non-hydrogen) atoms. The third-order valence-electron chi connectivity index (χ3n) is 4.22. The van der Waals surface area contributed by atoms with E-state index >= 15 is 0 Å². The molecule has 0 aliphatic carbocycles. The average molecular weight is 324 g/mol. The van der Waals surface area contributed by atoms with Crippen LogP contribution >= 0.6 is 0 Å². The maximum absolute atomic E-state index is 11.9. The van der Waals surface area contributed by atoms with Crippen LogP contribution in [-0.4, -0.2) is 37.1 Å². The monoisotopic (exact) mass is 323 g/mol. The summed E-state index contributed by atoms with van der Waals surface area (Å²) in [5.74, 6) is 0. The molecule has 1 atom stereocenters. The maximum atomic E-state index is 11.9. The Morgan fingerprint density at radius 3 is 2.36 bits per heavy atom. The van der Waals surface area contributed by atoms with Crippen molar-refractivity contribution in [2.24, 2.45) is 0 Å². The highest BCUT2D eigenvalue weighted by atomic mass is 28.4. The van der Waals surface area contributed by atoms with Gasteiger partial charge in [0.2, 0.25) is 0 Å². The molecular weight excluding hydrogens is 294 g/mol. The highest BCUT2D eigenvalue weighted by Gasteiger charge is 2.39. The molecule has 0 fully saturated rings. The zero-order valence-corrected chi connectivity index (χ0v) is 15.4. The van der Waals surface area contributed by atoms with E-state index in [0.29, 0.717) is 13.0 Å². The van der Waals surface area contributed by atoms with E-state index in [2.05, 4.69) is 33.9 Å². The minimum atomic E-state index is -1.94. The third-order valence-corrected chi connectivity index (χ3v) is 8.76. The highest BCUT2D eigenvalue weighted by Crippen LogP contribution is 2.37. The normalized spacial score (nSPS) is 14.9. The van der Waals surface area contributed by atoms with Crippen LogP contribution in [0.1, 0.15) is 32.8 Å². The molecule has 0 saturated carbocycles. The van der Waals surface area contributed by atoms with E-state index < -0.39 is 8.32 Å². The third kappa shape index (κ3) is 5.91. The maximum Gasteiger partial charge on any atom is 0.192 e. The van der Waals surface area contributed by atoms with Crippen LogP contribution in [-0.2, 0) is 11.0 Å². The van der Waals surface area contributed by atoms with E-state index in [9.17, 15) is 10.3 Å². The van der Waals surface area contributed by atoms with Crippen molar-refractivity contribution < 1.29 is 14.3 Å². The second kappa shape index (κ2) is 7.90. The van der Waals surface area contributed by atoms with Gasteiger partial charge in [0, 0.05) is 5.56 Å². The SMILES string of the molecule is CC(C)(C)[Si](C)(C)O[C@H](CO)C/C=[N+](\[O-])Cc1ccccc1. The molecule has 1 aromatic carbocycles. The van der Waals surface area contributed by atoms with Gasteiger partial charge in [-0.2, -0.15) is 0 Å². The second-order valence-electron chi connectivity index (χ2n) is 7.16. The summed E-state index contributed by atoms with van der Waals surface area (Å²) < 4.78 is 7.05. The Labute approximate surface area is 135 Å². The van der Waals surface area contributed by atoms with Gasteiger partial charge < -0.3 is 14.7 Å². The molecule has 0 amide bonds. The van der Waals surface area contributed by atoms with Gasteiger partial charge in [0.05, 0.1) is 19.1 Å². The van der Waals surface area contributed by atoms with Crippen molar-refractivity contribution in [2.45, 2.75) is 58.0 Å². The molecule has 0 saturated heterocycles. The molecule has 0 radical (unpaired) electrons. The van der Waals surface area contributed by atoms with Gasteiger partial charge in [-0.3, -0.25) is 0 Å². The van der Waals surface area contributed by atoms with Gasteiger partial charge in [0.15, 0.2) is 21.1 Å². The van der Waals surface area contributed by atoms with Crippen LogP contribution in [0.2, 0.25) is 18.1 Å².